The number of fused-ring (bicyclic) bond motifs is 1. The molecule has 0 atom stereocenters. The summed E-state index contributed by atoms with van der Waals surface area (Å²) in [6.45, 7) is 0.978. The van der Waals surface area contributed by atoms with Gasteiger partial charge in [0, 0.05) is 17.5 Å². The number of nitrogens with one attached hydrogen (secondary N) is 1. The van der Waals surface area contributed by atoms with E-state index in [9.17, 15) is 9.90 Å². The summed E-state index contributed by atoms with van der Waals surface area (Å²) >= 11 is 0. The van der Waals surface area contributed by atoms with Gasteiger partial charge in [0.1, 0.15) is 5.82 Å². The van der Waals surface area contributed by atoms with E-state index >= 15 is 0 Å². The summed E-state index contributed by atoms with van der Waals surface area (Å²) in [5.74, 6) is 2.96. The number of rotatable bonds is 3. The van der Waals surface area contributed by atoms with Crippen molar-refractivity contribution in [3.63, 3.8) is 0 Å². The molecule has 2 heterocycles. The first-order valence-corrected chi connectivity index (χ1v) is 11.3. The van der Waals surface area contributed by atoms with Crippen molar-refractivity contribution in [3.05, 3.63) is 41.1 Å². The minimum Gasteiger partial charge on any atom is -0.478 e. The van der Waals surface area contributed by atoms with Crippen molar-refractivity contribution in [1.29, 1.82) is 0 Å². The standard InChI is InChI=1S/C24H29N3O2/c28-23(29)18-4-6-19(7-5-18)27-22-20(3-1-2-8-25-22)21(26-27)24-12-15-9-16(13-24)11-17(10-15)14-24/h4-7,15-17,25H,1-3,8-14H2,(H,28,29). The van der Waals surface area contributed by atoms with E-state index in [0.29, 0.717) is 5.56 Å². The van der Waals surface area contributed by atoms with Crippen LogP contribution in [-0.2, 0) is 11.8 Å². The van der Waals surface area contributed by atoms with Crippen LogP contribution in [-0.4, -0.2) is 27.4 Å². The maximum absolute atomic E-state index is 11.3. The minimum absolute atomic E-state index is 0.275. The van der Waals surface area contributed by atoms with E-state index in [4.69, 9.17) is 5.10 Å². The number of carboxylic acid groups (broad SMARTS) is 1. The quantitative estimate of drug-likeness (QED) is 0.790. The van der Waals surface area contributed by atoms with Gasteiger partial charge in [0.05, 0.1) is 16.9 Å². The van der Waals surface area contributed by atoms with Gasteiger partial charge in [0.25, 0.3) is 0 Å². The maximum atomic E-state index is 11.3. The molecule has 4 fully saturated rings. The molecule has 4 saturated carbocycles. The number of carbonyl (C=O) groups is 1. The molecule has 152 valence electrons. The van der Waals surface area contributed by atoms with E-state index in [2.05, 4.69) is 10.00 Å². The van der Waals surface area contributed by atoms with Gasteiger partial charge >= 0.3 is 5.97 Å². The van der Waals surface area contributed by atoms with Crippen LogP contribution < -0.4 is 5.32 Å². The molecule has 4 bridgehead atoms. The van der Waals surface area contributed by atoms with Crippen molar-refractivity contribution < 1.29 is 9.90 Å². The molecule has 4 aliphatic carbocycles. The molecule has 5 heteroatoms. The topological polar surface area (TPSA) is 67.1 Å². The Morgan fingerprint density at radius 1 is 1.03 bits per heavy atom. The summed E-state index contributed by atoms with van der Waals surface area (Å²) in [5, 5.41) is 18.2. The lowest BCUT2D eigenvalue weighted by atomic mass is 9.48. The molecule has 0 saturated heterocycles. The first kappa shape index (κ1) is 17.5. The zero-order valence-electron chi connectivity index (χ0n) is 16.9. The van der Waals surface area contributed by atoms with Crippen molar-refractivity contribution in [2.24, 2.45) is 17.8 Å². The first-order valence-electron chi connectivity index (χ1n) is 11.3. The monoisotopic (exact) mass is 391 g/mol. The average molecular weight is 392 g/mol. The van der Waals surface area contributed by atoms with Crippen LogP contribution in [0.1, 0.15) is 73.0 Å². The predicted octanol–water partition coefficient (Wildman–Crippen LogP) is 4.79. The lowest BCUT2D eigenvalue weighted by Crippen LogP contribution is -2.49. The van der Waals surface area contributed by atoms with Gasteiger partial charge < -0.3 is 10.4 Å². The van der Waals surface area contributed by atoms with Crippen LogP contribution >= 0.6 is 0 Å². The molecule has 0 radical (unpaired) electrons. The molecule has 1 aliphatic heterocycles. The van der Waals surface area contributed by atoms with Crippen molar-refractivity contribution in [2.75, 3.05) is 11.9 Å². The Balaban J connectivity index is 1.47. The van der Waals surface area contributed by atoms with Crippen LogP contribution in [0.5, 0.6) is 0 Å². The Morgan fingerprint density at radius 2 is 1.69 bits per heavy atom. The van der Waals surface area contributed by atoms with Gasteiger partial charge in [0.15, 0.2) is 0 Å². The van der Waals surface area contributed by atoms with Gasteiger partial charge in [-0.1, -0.05) is 0 Å². The van der Waals surface area contributed by atoms with Crippen LogP contribution in [0.3, 0.4) is 0 Å². The van der Waals surface area contributed by atoms with E-state index in [1.807, 2.05) is 12.1 Å². The fraction of sp³-hybridized carbons (Fsp3) is 0.583. The smallest absolute Gasteiger partial charge is 0.335 e. The highest BCUT2D eigenvalue weighted by Crippen LogP contribution is 2.61. The number of carboxylic acids is 1. The molecule has 0 spiro atoms. The fourth-order valence-electron chi connectivity index (χ4n) is 7.26. The highest BCUT2D eigenvalue weighted by Gasteiger charge is 2.53. The largest absolute Gasteiger partial charge is 0.478 e. The van der Waals surface area contributed by atoms with Crippen LogP contribution in [0, 0.1) is 17.8 Å². The van der Waals surface area contributed by atoms with Gasteiger partial charge in [-0.3, -0.25) is 0 Å². The van der Waals surface area contributed by atoms with E-state index in [1.165, 1.54) is 62.6 Å². The molecular weight excluding hydrogens is 362 g/mol. The summed E-state index contributed by atoms with van der Waals surface area (Å²) < 4.78 is 2.07. The molecule has 7 rings (SSSR count). The Bertz CT molecular complexity index is 924. The van der Waals surface area contributed by atoms with Crippen LogP contribution in [0.25, 0.3) is 5.69 Å². The molecular formula is C24H29N3O2. The summed E-state index contributed by atoms with van der Waals surface area (Å²) in [6, 6.07) is 7.17. The zero-order valence-corrected chi connectivity index (χ0v) is 16.9. The third kappa shape index (κ3) is 2.73. The second-order valence-electron chi connectivity index (χ2n) is 10.0. The van der Waals surface area contributed by atoms with Crippen molar-refractivity contribution in [1.82, 2.24) is 9.78 Å². The minimum atomic E-state index is -0.886. The molecule has 0 unspecified atom stereocenters. The maximum Gasteiger partial charge on any atom is 0.335 e. The number of aromatic nitrogens is 2. The van der Waals surface area contributed by atoms with E-state index in [-0.39, 0.29) is 5.41 Å². The van der Waals surface area contributed by atoms with Gasteiger partial charge in [0.2, 0.25) is 0 Å². The lowest BCUT2D eigenvalue weighted by Gasteiger charge is -2.56. The number of benzene rings is 1. The molecule has 2 N–H and O–H groups in total. The number of aromatic carboxylic acids is 1. The summed E-state index contributed by atoms with van der Waals surface area (Å²) in [6.07, 6.45) is 11.8. The number of hydrogen-bond donors (Lipinski definition) is 2. The van der Waals surface area contributed by atoms with Crippen molar-refractivity contribution in [3.8, 4) is 5.69 Å². The van der Waals surface area contributed by atoms with Crippen molar-refractivity contribution >= 4 is 11.8 Å². The van der Waals surface area contributed by atoms with Gasteiger partial charge in [-0.2, -0.15) is 5.10 Å². The van der Waals surface area contributed by atoms with Crippen LogP contribution in [0.4, 0.5) is 5.82 Å². The predicted molar refractivity (Wildman–Crippen MR) is 112 cm³/mol. The van der Waals surface area contributed by atoms with E-state index in [1.54, 1.807) is 12.1 Å². The Kier molecular flexibility index (Phi) is 3.84. The highest BCUT2D eigenvalue weighted by atomic mass is 16.4. The summed E-state index contributed by atoms with van der Waals surface area (Å²) in [4.78, 5) is 11.3. The van der Waals surface area contributed by atoms with Gasteiger partial charge in [-0.05, 0) is 99.8 Å². The van der Waals surface area contributed by atoms with Gasteiger partial charge in [-0.15, -0.1) is 0 Å². The Morgan fingerprint density at radius 3 is 2.31 bits per heavy atom. The lowest BCUT2D eigenvalue weighted by molar-refractivity contribution is -0.00773. The molecule has 0 amide bonds. The van der Waals surface area contributed by atoms with E-state index < -0.39 is 5.97 Å². The number of anilines is 1. The van der Waals surface area contributed by atoms with Crippen LogP contribution in [0.2, 0.25) is 0 Å². The molecule has 1 aromatic carbocycles. The number of hydrogen-bond acceptors (Lipinski definition) is 3. The number of nitrogens with zero attached hydrogens (tertiary/aromatic N) is 2. The molecule has 1 aromatic heterocycles. The second-order valence-corrected chi connectivity index (χ2v) is 10.0. The molecule has 5 aliphatic rings. The SMILES string of the molecule is O=C(O)c1ccc(-n2nc(C34CC5CC(CC(C5)C3)C4)c3c2NCCCC3)cc1. The molecule has 29 heavy (non-hydrogen) atoms. The summed E-state index contributed by atoms with van der Waals surface area (Å²) in [5.41, 5.74) is 4.35. The molecule has 5 nitrogen and oxygen atoms in total. The highest BCUT2D eigenvalue weighted by molar-refractivity contribution is 5.87. The third-order valence-electron chi connectivity index (χ3n) is 8.03. The Hall–Kier alpha value is -2.30. The van der Waals surface area contributed by atoms with Crippen molar-refractivity contribution in [2.45, 2.75) is 63.2 Å². The molecule has 2 aromatic rings. The first-order chi connectivity index (χ1) is 14.1. The zero-order chi connectivity index (χ0) is 19.6. The summed E-state index contributed by atoms with van der Waals surface area (Å²) in [7, 11) is 0. The normalized spacial score (nSPS) is 32.5. The van der Waals surface area contributed by atoms with Crippen LogP contribution in [0.15, 0.2) is 24.3 Å². The average Bonchev–Trinajstić information content (AvgIpc) is 2.89. The Labute approximate surface area is 171 Å². The van der Waals surface area contributed by atoms with E-state index in [0.717, 1.165) is 42.2 Å². The fourth-order valence-corrected chi connectivity index (χ4v) is 7.26. The third-order valence-corrected chi connectivity index (χ3v) is 8.03. The van der Waals surface area contributed by atoms with Gasteiger partial charge in [-0.25, -0.2) is 9.48 Å². The second kappa shape index (κ2) is 6.35.